The monoisotopic (exact) mass is 185 g/mol. The van der Waals surface area contributed by atoms with Gasteiger partial charge >= 0.3 is 0 Å². The predicted octanol–water partition coefficient (Wildman–Crippen LogP) is 2.73. The van der Waals surface area contributed by atoms with Gasteiger partial charge in [0.25, 0.3) is 0 Å². The first-order valence-corrected chi connectivity index (χ1v) is 5.17. The first kappa shape index (κ1) is 12.5. The van der Waals surface area contributed by atoms with E-state index in [-0.39, 0.29) is 11.9 Å². The lowest BCUT2D eigenvalue weighted by Gasteiger charge is -2.22. The Morgan fingerprint density at radius 2 is 1.92 bits per heavy atom. The SMILES string of the molecule is CCC(C)(C)CCC(=O)NC(C)C. The van der Waals surface area contributed by atoms with E-state index in [1.807, 2.05) is 13.8 Å². The van der Waals surface area contributed by atoms with E-state index < -0.39 is 0 Å². The van der Waals surface area contributed by atoms with Crippen molar-refractivity contribution in [2.45, 2.75) is 59.9 Å². The first-order valence-electron chi connectivity index (χ1n) is 5.17. The Labute approximate surface area is 82.1 Å². The lowest BCUT2D eigenvalue weighted by molar-refractivity contribution is -0.122. The summed E-state index contributed by atoms with van der Waals surface area (Å²) in [6, 6.07) is 0.261. The highest BCUT2D eigenvalue weighted by molar-refractivity contribution is 5.76. The minimum atomic E-state index is 0.177. The normalized spacial score (nSPS) is 11.8. The van der Waals surface area contributed by atoms with E-state index in [1.165, 1.54) is 0 Å². The molecule has 1 N–H and O–H groups in total. The predicted molar refractivity (Wildman–Crippen MR) is 56.6 cm³/mol. The van der Waals surface area contributed by atoms with Crippen LogP contribution in [0.5, 0.6) is 0 Å². The number of carbonyl (C=O) groups excluding carboxylic acids is 1. The van der Waals surface area contributed by atoms with Crippen LogP contribution in [0.1, 0.15) is 53.9 Å². The summed E-state index contributed by atoms with van der Waals surface area (Å²) in [4.78, 5) is 11.3. The number of amides is 1. The molecule has 2 nitrogen and oxygen atoms in total. The molecule has 0 spiro atoms. The van der Waals surface area contributed by atoms with Crippen LogP contribution in [0.4, 0.5) is 0 Å². The Hall–Kier alpha value is -0.530. The molecule has 0 aromatic heterocycles. The van der Waals surface area contributed by atoms with E-state index >= 15 is 0 Å². The molecule has 0 saturated heterocycles. The highest BCUT2D eigenvalue weighted by atomic mass is 16.1. The van der Waals surface area contributed by atoms with Crippen molar-refractivity contribution in [1.29, 1.82) is 0 Å². The summed E-state index contributed by atoms with van der Waals surface area (Å²) >= 11 is 0. The molecular weight excluding hydrogens is 162 g/mol. The van der Waals surface area contributed by atoms with Crippen LogP contribution in [-0.2, 0) is 4.79 Å². The minimum absolute atomic E-state index is 0.177. The van der Waals surface area contributed by atoms with Gasteiger partial charge in [-0.3, -0.25) is 4.79 Å². The van der Waals surface area contributed by atoms with Gasteiger partial charge < -0.3 is 5.32 Å². The average Bonchev–Trinajstić information content (AvgIpc) is 2.00. The van der Waals surface area contributed by atoms with Gasteiger partial charge in [-0.2, -0.15) is 0 Å². The zero-order chi connectivity index (χ0) is 10.5. The van der Waals surface area contributed by atoms with Gasteiger partial charge in [-0.25, -0.2) is 0 Å². The largest absolute Gasteiger partial charge is 0.354 e. The summed E-state index contributed by atoms with van der Waals surface area (Å²) in [5, 5.41) is 2.90. The standard InChI is InChI=1S/C11H23NO/c1-6-11(4,5)8-7-10(13)12-9(2)3/h9H,6-8H2,1-5H3,(H,12,13). The Morgan fingerprint density at radius 1 is 1.38 bits per heavy atom. The molecular formula is C11H23NO. The third kappa shape index (κ3) is 6.62. The Morgan fingerprint density at radius 3 is 2.31 bits per heavy atom. The van der Waals surface area contributed by atoms with Crippen molar-refractivity contribution < 1.29 is 4.79 Å². The molecule has 0 aliphatic rings. The summed E-state index contributed by atoms with van der Waals surface area (Å²) in [7, 11) is 0. The van der Waals surface area contributed by atoms with Crippen molar-refractivity contribution in [3.05, 3.63) is 0 Å². The molecule has 0 unspecified atom stereocenters. The fraction of sp³-hybridized carbons (Fsp3) is 0.909. The Kier molecular flexibility index (Phi) is 5.04. The summed E-state index contributed by atoms with van der Waals surface area (Å²) in [5.41, 5.74) is 0.300. The number of hydrogen-bond acceptors (Lipinski definition) is 1. The number of carbonyl (C=O) groups is 1. The molecule has 1 amide bonds. The second kappa shape index (κ2) is 5.25. The zero-order valence-electron chi connectivity index (χ0n) is 9.61. The maximum Gasteiger partial charge on any atom is 0.220 e. The summed E-state index contributed by atoms with van der Waals surface area (Å²) in [5.74, 6) is 0.177. The van der Waals surface area contributed by atoms with E-state index in [1.54, 1.807) is 0 Å². The molecule has 13 heavy (non-hydrogen) atoms. The van der Waals surface area contributed by atoms with Gasteiger partial charge in [-0.05, 0) is 25.7 Å². The third-order valence-corrected chi connectivity index (χ3v) is 2.44. The molecule has 0 atom stereocenters. The lowest BCUT2D eigenvalue weighted by Crippen LogP contribution is -2.30. The van der Waals surface area contributed by atoms with Crippen LogP contribution in [0.25, 0.3) is 0 Å². The molecule has 0 heterocycles. The zero-order valence-corrected chi connectivity index (χ0v) is 9.61. The number of nitrogens with one attached hydrogen (secondary N) is 1. The van der Waals surface area contributed by atoms with Gasteiger partial charge in [-0.15, -0.1) is 0 Å². The van der Waals surface area contributed by atoms with Crippen LogP contribution < -0.4 is 5.32 Å². The molecule has 0 rings (SSSR count). The van der Waals surface area contributed by atoms with Crippen molar-refractivity contribution in [3.63, 3.8) is 0 Å². The van der Waals surface area contributed by atoms with Crippen molar-refractivity contribution in [1.82, 2.24) is 5.32 Å². The number of hydrogen-bond donors (Lipinski definition) is 1. The van der Waals surface area contributed by atoms with E-state index in [2.05, 4.69) is 26.1 Å². The molecule has 0 aliphatic carbocycles. The summed E-state index contributed by atoms with van der Waals surface area (Å²) < 4.78 is 0. The average molecular weight is 185 g/mol. The molecule has 0 saturated carbocycles. The Balaban J connectivity index is 3.70. The minimum Gasteiger partial charge on any atom is -0.354 e. The van der Waals surface area contributed by atoms with E-state index in [0.717, 1.165) is 12.8 Å². The van der Waals surface area contributed by atoms with E-state index in [9.17, 15) is 4.79 Å². The van der Waals surface area contributed by atoms with Crippen LogP contribution in [0.15, 0.2) is 0 Å². The first-order chi connectivity index (χ1) is 5.87. The molecule has 2 heteroatoms. The van der Waals surface area contributed by atoms with Gasteiger partial charge in [0.2, 0.25) is 5.91 Å². The van der Waals surface area contributed by atoms with Gasteiger partial charge in [-0.1, -0.05) is 27.2 Å². The van der Waals surface area contributed by atoms with Crippen LogP contribution in [0, 0.1) is 5.41 Å². The topological polar surface area (TPSA) is 29.1 Å². The van der Waals surface area contributed by atoms with Crippen LogP contribution >= 0.6 is 0 Å². The van der Waals surface area contributed by atoms with Crippen molar-refractivity contribution in [2.24, 2.45) is 5.41 Å². The number of rotatable bonds is 5. The van der Waals surface area contributed by atoms with Gasteiger partial charge in [0.05, 0.1) is 0 Å². The molecule has 0 aromatic rings. The van der Waals surface area contributed by atoms with Crippen LogP contribution in [0.2, 0.25) is 0 Å². The van der Waals surface area contributed by atoms with Gasteiger partial charge in [0.1, 0.15) is 0 Å². The summed E-state index contributed by atoms with van der Waals surface area (Å²) in [6.07, 6.45) is 2.75. The smallest absolute Gasteiger partial charge is 0.220 e. The third-order valence-electron chi connectivity index (χ3n) is 2.44. The van der Waals surface area contributed by atoms with E-state index in [4.69, 9.17) is 0 Å². The molecule has 0 bridgehead atoms. The lowest BCUT2D eigenvalue weighted by atomic mass is 9.85. The maximum absolute atomic E-state index is 11.3. The van der Waals surface area contributed by atoms with Crippen molar-refractivity contribution >= 4 is 5.91 Å². The maximum atomic E-state index is 11.3. The second-order valence-corrected chi connectivity index (χ2v) is 4.74. The highest BCUT2D eigenvalue weighted by Crippen LogP contribution is 2.25. The molecule has 0 aromatic carbocycles. The van der Waals surface area contributed by atoms with E-state index in [0.29, 0.717) is 11.8 Å². The fourth-order valence-corrected chi connectivity index (χ4v) is 1.02. The fourth-order valence-electron chi connectivity index (χ4n) is 1.02. The van der Waals surface area contributed by atoms with Crippen molar-refractivity contribution in [2.75, 3.05) is 0 Å². The molecule has 0 aliphatic heterocycles. The van der Waals surface area contributed by atoms with Crippen LogP contribution in [-0.4, -0.2) is 11.9 Å². The molecule has 0 fully saturated rings. The second-order valence-electron chi connectivity index (χ2n) is 4.74. The van der Waals surface area contributed by atoms with Gasteiger partial charge in [0, 0.05) is 12.5 Å². The van der Waals surface area contributed by atoms with Crippen molar-refractivity contribution in [3.8, 4) is 0 Å². The summed E-state index contributed by atoms with van der Waals surface area (Å²) in [6.45, 7) is 10.6. The van der Waals surface area contributed by atoms with Crippen LogP contribution in [0.3, 0.4) is 0 Å². The molecule has 0 radical (unpaired) electrons. The Bertz CT molecular complexity index is 161. The highest BCUT2D eigenvalue weighted by Gasteiger charge is 2.16. The van der Waals surface area contributed by atoms with Gasteiger partial charge in [0.15, 0.2) is 0 Å². The molecule has 78 valence electrons. The quantitative estimate of drug-likeness (QED) is 0.701.